The van der Waals surface area contributed by atoms with E-state index in [1.807, 2.05) is 0 Å². The first kappa shape index (κ1) is 5.67. The van der Waals surface area contributed by atoms with E-state index in [0.29, 0.717) is 5.82 Å². The Morgan fingerprint density at radius 3 is 3.10 bits per heavy atom. The highest BCUT2D eigenvalue weighted by Gasteiger charge is 2.04. The smallest absolute Gasteiger partial charge is 0.182 e. The maximum atomic E-state index is 4.02. The molecule has 0 aromatic heterocycles. The summed E-state index contributed by atoms with van der Waals surface area (Å²) in [5.74, 6) is 0.658. The third kappa shape index (κ3) is 0.750. The molecule has 0 bridgehead atoms. The summed E-state index contributed by atoms with van der Waals surface area (Å²) in [6.07, 6.45) is 4.80. The van der Waals surface area contributed by atoms with Gasteiger partial charge in [0, 0.05) is 6.20 Å². The van der Waals surface area contributed by atoms with Gasteiger partial charge in [0.15, 0.2) is 5.82 Å². The van der Waals surface area contributed by atoms with E-state index in [0.717, 1.165) is 5.69 Å². The van der Waals surface area contributed by atoms with E-state index in [2.05, 4.69) is 27.8 Å². The lowest BCUT2D eigenvalue weighted by atomic mass is 10.4. The standard InChI is InChI=1S/C5H4N4S/c10-9-1-4-5(8-3-9)7-2-6-4/h1-3,10H. The topological polar surface area (TPSA) is 43.6 Å². The van der Waals surface area contributed by atoms with Crippen molar-refractivity contribution in [3.63, 3.8) is 0 Å². The van der Waals surface area contributed by atoms with Gasteiger partial charge in [-0.15, -0.1) is 0 Å². The normalized spacial score (nSPS) is 10.5. The van der Waals surface area contributed by atoms with Crippen molar-refractivity contribution in [3.05, 3.63) is 18.9 Å². The van der Waals surface area contributed by atoms with Gasteiger partial charge in [0.25, 0.3) is 0 Å². The summed E-state index contributed by atoms with van der Waals surface area (Å²) >= 11 is 4.02. The molecule has 10 heavy (non-hydrogen) atoms. The number of nitrogens with zero attached hydrogens (tertiary/aromatic N) is 4. The van der Waals surface area contributed by atoms with Crippen LogP contribution in [0.15, 0.2) is 18.9 Å². The third-order valence-electron chi connectivity index (χ3n) is 1.16. The highest BCUT2D eigenvalue weighted by Crippen LogP contribution is 2.11. The fourth-order valence-corrected chi connectivity index (χ4v) is 0.894. The summed E-state index contributed by atoms with van der Waals surface area (Å²) in [6, 6.07) is 0. The molecule has 0 unspecified atom stereocenters. The molecule has 0 saturated heterocycles. The van der Waals surface area contributed by atoms with Crippen molar-refractivity contribution in [2.24, 2.45) is 0 Å². The predicted octanol–water partition coefficient (Wildman–Crippen LogP) is 0.471. The van der Waals surface area contributed by atoms with Crippen molar-refractivity contribution in [2.45, 2.75) is 0 Å². The minimum absolute atomic E-state index is 0.658. The molecular weight excluding hydrogens is 148 g/mol. The second-order valence-electron chi connectivity index (χ2n) is 1.84. The predicted molar refractivity (Wildman–Crippen MR) is 38.8 cm³/mol. The van der Waals surface area contributed by atoms with Crippen LogP contribution in [-0.4, -0.2) is 18.9 Å². The molecule has 2 rings (SSSR count). The van der Waals surface area contributed by atoms with Crippen LogP contribution in [0.3, 0.4) is 0 Å². The average molecular weight is 152 g/mol. The number of thiol groups is 1. The highest BCUT2D eigenvalue weighted by molar-refractivity contribution is 7.78. The van der Waals surface area contributed by atoms with Gasteiger partial charge < -0.3 is 0 Å². The molecule has 50 valence electrons. The van der Waals surface area contributed by atoms with E-state index in [1.54, 1.807) is 12.5 Å². The fraction of sp³-hybridized carbons (Fsp3) is 0. The average Bonchev–Trinajstić information content (AvgIpc) is 2.33. The first-order valence-electron chi connectivity index (χ1n) is 2.70. The van der Waals surface area contributed by atoms with Crippen molar-refractivity contribution in [1.29, 1.82) is 0 Å². The second kappa shape index (κ2) is 1.95. The Kier molecular flexibility index (Phi) is 1.10. The zero-order valence-electron chi connectivity index (χ0n) is 4.97. The van der Waals surface area contributed by atoms with Gasteiger partial charge in [0.05, 0.1) is 0 Å². The molecule has 2 aliphatic rings. The molecule has 0 aromatic carbocycles. The van der Waals surface area contributed by atoms with Gasteiger partial charge >= 0.3 is 0 Å². The first-order valence-corrected chi connectivity index (χ1v) is 3.10. The molecule has 0 aliphatic carbocycles. The number of fused-ring (bicyclic) bond motifs is 1. The number of hydrogen-bond donors (Lipinski definition) is 1. The molecule has 2 aliphatic heterocycles. The zero-order chi connectivity index (χ0) is 6.97. The van der Waals surface area contributed by atoms with Crippen LogP contribution >= 0.6 is 12.8 Å². The van der Waals surface area contributed by atoms with E-state index in [1.165, 1.54) is 10.3 Å². The third-order valence-corrected chi connectivity index (χ3v) is 1.38. The number of rotatable bonds is 0. The molecular formula is C5H4N4S. The summed E-state index contributed by atoms with van der Waals surface area (Å²) in [6.45, 7) is 0. The van der Waals surface area contributed by atoms with Crippen LogP contribution in [0.25, 0.3) is 11.5 Å². The van der Waals surface area contributed by atoms with E-state index in [-0.39, 0.29) is 0 Å². The summed E-state index contributed by atoms with van der Waals surface area (Å²) in [7, 11) is 0. The molecule has 4 nitrogen and oxygen atoms in total. The van der Waals surface area contributed by atoms with E-state index < -0.39 is 0 Å². The van der Waals surface area contributed by atoms with Gasteiger partial charge in [-0.2, -0.15) is 0 Å². The minimum atomic E-state index is 0.658. The largest absolute Gasteiger partial charge is 0.282 e. The molecule has 0 amide bonds. The monoisotopic (exact) mass is 152 g/mol. The Hall–Kier alpha value is -1.10. The summed E-state index contributed by atoms with van der Waals surface area (Å²) in [5, 5.41) is 0. The van der Waals surface area contributed by atoms with Crippen LogP contribution in [-0.2, 0) is 0 Å². The van der Waals surface area contributed by atoms with Crippen molar-refractivity contribution >= 4 is 12.8 Å². The van der Waals surface area contributed by atoms with Gasteiger partial charge in [0.1, 0.15) is 18.3 Å². The Morgan fingerprint density at radius 2 is 2.20 bits per heavy atom. The highest BCUT2D eigenvalue weighted by atomic mass is 32.1. The summed E-state index contributed by atoms with van der Waals surface area (Å²) in [5.41, 5.74) is 0.762. The molecule has 0 N–H and O–H groups in total. The number of aromatic nitrogens is 4. The van der Waals surface area contributed by atoms with Crippen LogP contribution in [0.2, 0.25) is 0 Å². The van der Waals surface area contributed by atoms with Gasteiger partial charge in [0.2, 0.25) is 0 Å². The first-order chi connectivity index (χ1) is 4.86. The Morgan fingerprint density at radius 1 is 1.30 bits per heavy atom. The Bertz CT molecular complexity index is 318. The Balaban J connectivity index is 2.75. The van der Waals surface area contributed by atoms with Gasteiger partial charge in [-0.05, 0) is 0 Å². The molecule has 0 aromatic rings. The number of imidazole rings is 1. The zero-order valence-corrected chi connectivity index (χ0v) is 5.86. The van der Waals surface area contributed by atoms with Crippen LogP contribution in [0.4, 0.5) is 0 Å². The molecule has 0 radical (unpaired) electrons. The molecule has 5 heteroatoms. The van der Waals surface area contributed by atoms with Gasteiger partial charge in [-0.3, -0.25) is 3.97 Å². The van der Waals surface area contributed by atoms with Gasteiger partial charge in [-0.1, -0.05) is 12.8 Å². The van der Waals surface area contributed by atoms with E-state index in [9.17, 15) is 0 Å². The Labute approximate surface area is 62.8 Å². The van der Waals surface area contributed by atoms with E-state index >= 15 is 0 Å². The van der Waals surface area contributed by atoms with Crippen LogP contribution in [0.5, 0.6) is 0 Å². The van der Waals surface area contributed by atoms with Crippen LogP contribution in [0, 0.1) is 0 Å². The fourth-order valence-electron chi connectivity index (χ4n) is 0.733. The van der Waals surface area contributed by atoms with E-state index in [4.69, 9.17) is 0 Å². The molecule has 0 fully saturated rings. The summed E-state index contributed by atoms with van der Waals surface area (Å²) < 4.78 is 1.54. The number of hydrogen-bond acceptors (Lipinski definition) is 4. The molecule has 0 saturated carbocycles. The lowest BCUT2D eigenvalue weighted by Gasteiger charge is -1.96. The van der Waals surface area contributed by atoms with Crippen molar-refractivity contribution in [3.8, 4) is 11.5 Å². The van der Waals surface area contributed by atoms with Crippen LogP contribution in [0.1, 0.15) is 0 Å². The van der Waals surface area contributed by atoms with Crippen LogP contribution < -0.4 is 0 Å². The SMILES string of the molecule is Sn1cnc2ncnc-2c1. The van der Waals surface area contributed by atoms with Crippen molar-refractivity contribution in [1.82, 2.24) is 18.9 Å². The maximum absolute atomic E-state index is 4.02. The summed E-state index contributed by atoms with van der Waals surface area (Å²) in [4.78, 5) is 11.8. The van der Waals surface area contributed by atoms with Crippen molar-refractivity contribution < 1.29 is 0 Å². The molecule has 0 spiro atoms. The quantitative estimate of drug-likeness (QED) is 0.558. The minimum Gasteiger partial charge on any atom is -0.282 e. The lowest BCUT2D eigenvalue weighted by Crippen LogP contribution is -1.90. The second-order valence-corrected chi connectivity index (χ2v) is 2.30. The van der Waals surface area contributed by atoms with Crippen molar-refractivity contribution in [2.75, 3.05) is 0 Å². The molecule has 0 atom stereocenters. The lowest BCUT2D eigenvalue weighted by molar-refractivity contribution is 1.09. The maximum Gasteiger partial charge on any atom is 0.182 e. The molecule has 2 heterocycles. The van der Waals surface area contributed by atoms with Gasteiger partial charge in [-0.25, -0.2) is 15.0 Å².